The Labute approximate surface area is 240 Å². The summed E-state index contributed by atoms with van der Waals surface area (Å²) in [6, 6.07) is 17.3. The number of ether oxygens (including phenoxy) is 1. The quantitative estimate of drug-likeness (QED) is 0.235. The predicted molar refractivity (Wildman–Crippen MR) is 159 cm³/mol. The fraction of sp³-hybridized carbons (Fsp3) is 0.286. The number of carbonyl (C=O) groups is 1. The average molecular weight is 571 g/mol. The van der Waals surface area contributed by atoms with Crippen LogP contribution in [0.2, 0.25) is 0 Å². The molecular weight excluding hydrogens is 537 g/mol. The number of nitrogens with one attached hydrogen (secondary N) is 1. The molecule has 206 valence electrons. The predicted octanol–water partition coefficient (Wildman–Crippen LogP) is 5.12. The number of fused-ring (bicyclic) bond motifs is 2. The third kappa shape index (κ3) is 6.68. The molecule has 1 amide bonds. The summed E-state index contributed by atoms with van der Waals surface area (Å²) in [7, 11) is 4.10. The van der Waals surface area contributed by atoms with Gasteiger partial charge in [-0.1, -0.05) is 25.1 Å². The van der Waals surface area contributed by atoms with Crippen LogP contribution in [-0.2, 0) is 13.0 Å². The number of carbonyl (C=O) groups excluding carboxylic acids is 1. The largest absolute Gasteiger partial charge is 0.478 e. The minimum atomic E-state index is -0.221. The van der Waals surface area contributed by atoms with Crippen LogP contribution in [0.5, 0.6) is 5.88 Å². The molecule has 5 rings (SSSR count). The first-order valence-corrected chi connectivity index (χ1v) is 12.5. The molecule has 0 unspecified atom stereocenters. The van der Waals surface area contributed by atoms with E-state index in [9.17, 15) is 4.79 Å². The van der Waals surface area contributed by atoms with Crippen LogP contribution in [0.3, 0.4) is 0 Å². The number of nitrogens with zero attached hydrogens (tertiary/aromatic N) is 6. The second-order valence-electron chi connectivity index (χ2n) is 9.16. The van der Waals surface area contributed by atoms with Crippen molar-refractivity contribution in [2.75, 3.05) is 32.6 Å². The Morgan fingerprint density at radius 3 is 2.67 bits per heavy atom. The molecule has 39 heavy (non-hydrogen) atoms. The van der Waals surface area contributed by atoms with Gasteiger partial charge in [-0.25, -0.2) is 9.97 Å². The first-order chi connectivity index (χ1) is 18.0. The van der Waals surface area contributed by atoms with Crippen molar-refractivity contribution >= 4 is 53.0 Å². The van der Waals surface area contributed by atoms with Gasteiger partial charge in [0.05, 0.1) is 41.9 Å². The Kier molecular flexibility index (Phi) is 10.3. The number of benzene rings is 1. The third-order valence-electron chi connectivity index (χ3n) is 6.18. The Morgan fingerprint density at radius 2 is 1.87 bits per heavy atom. The zero-order valence-corrected chi connectivity index (χ0v) is 23.8. The number of anilines is 1. The smallest absolute Gasteiger partial charge is 0.274 e. The zero-order chi connectivity index (χ0) is 25.8. The second-order valence-corrected chi connectivity index (χ2v) is 9.16. The molecule has 9 nitrogen and oxygen atoms in total. The first-order valence-electron chi connectivity index (χ1n) is 12.5. The molecule has 0 atom stereocenters. The van der Waals surface area contributed by atoms with Gasteiger partial charge in [-0.3, -0.25) is 13.9 Å². The molecule has 0 saturated heterocycles. The Balaban J connectivity index is 0.00000210. The van der Waals surface area contributed by atoms with Crippen LogP contribution < -0.4 is 10.1 Å². The zero-order valence-electron chi connectivity index (χ0n) is 22.2. The molecule has 0 bridgehead atoms. The normalized spacial score (nSPS) is 10.9. The van der Waals surface area contributed by atoms with E-state index in [1.807, 2.05) is 65.5 Å². The highest BCUT2D eigenvalue weighted by Crippen LogP contribution is 2.28. The SMILES string of the molecule is CCc1nn(Cc2cccc(OCCCN(C)C)n2)c2cccc(NC(=O)c3cnc4ccccn34)c12.Cl.Cl. The van der Waals surface area contributed by atoms with Gasteiger partial charge in [-0.15, -0.1) is 24.8 Å². The Hall–Kier alpha value is -3.66. The van der Waals surface area contributed by atoms with E-state index < -0.39 is 0 Å². The molecule has 0 spiro atoms. The standard InChI is InChI=1S/C28H31N7O2.2ClH/c1-4-21-27-22(31-28(36)24-18-29-25-13-5-6-16-34(24)25)11-8-12-23(27)35(32-21)19-20-10-7-14-26(30-20)37-17-9-15-33(2)3;;/h5-8,10-14,16,18H,4,9,15,17,19H2,1-3H3,(H,31,36);2*1H. The highest BCUT2D eigenvalue weighted by Gasteiger charge is 2.18. The van der Waals surface area contributed by atoms with Crippen molar-refractivity contribution in [2.45, 2.75) is 26.3 Å². The monoisotopic (exact) mass is 569 g/mol. The fourth-order valence-corrected chi connectivity index (χ4v) is 4.40. The summed E-state index contributed by atoms with van der Waals surface area (Å²) >= 11 is 0. The number of aromatic nitrogens is 5. The van der Waals surface area contributed by atoms with E-state index in [0.717, 1.165) is 53.0 Å². The van der Waals surface area contributed by atoms with Gasteiger partial charge in [0.15, 0.2) is 0 Å². The lowest BCUT2D eigenvalue weighted by Crippen LogP contribution is -2.15. The van der Waals surface area contributed by atoms with E-state index in [0.29, 0.717) is 24.7 Å². The molecular formula is C28H33Cl2N7O2. The van der Waals surface area contributed by atoms with Crippen molar-refractivity contribution in [3.63, 3.8) is 0 Å². The number of imidazole rings is 1. The highest BCUT2D eigenvalue weighted by molar-refractivity contribution is 6.08. The minimum absolute atomic E-state index is 0. The summed E-state index contributed by atoms with van der Waals surface area (Å²) in [6.45, 7) is 4.15. The van der Waals surface area contributed by atoms with Crippen LogP contribution in [0.15, 0.2) is 67.0 Å². The van der Waals surface area contributed by atoms with Gasteiger partial charge in [-0.2, -0.15) is 5.10 Å². The molecule has 0 saturated carbocycles. The van der Waals surface area contributed by atoms with Crippen LogP contribution in [0.1, 0.15) is 35.2 Å². The van der Waals surface area contributed by atoms with Gasteiger partial charge < -0.3 is 15.0 Å². The van der Waals surface area contributed by atoms with Crippen LogP contribution in [-0.4, -0.2) is 62.2 Å². The van der Waals surface area contributed by atoms with Crippen molar-refractivity contribution in [1.29, 1.82) is 0 Å². The summed E-state index contributed by atoms with van der Waals surface area (Å²) in [5.41, 5.74) is 4.64. The van der Waals surface area contributed by atoms with Crippen LogP contribution in [0.25, 0.3) is 16.6 Å². The molecule has 4 aromatic heterocycles. The third-order valence-corrected chi connectivity index (χ3v) is 6.18. The van der Waals surface area contributed by atoms with E-state index in [1.54, 1.807) is 10.6 Å². The molecule has 0 aliphatic rings. The summed E-state index contributed by atoms with van der Waals surface area (Å²) in [6.07, 6.45) is 5.09. The van der Waals surface area contributed by atoms with Gasteiger partial charge in [0.25, 0.3) is 5.91 Å². The van der Waals surface area contributed by atoms with E-state index >= 15 is 0 Å². The van der Waals surface area contributed by atoms with Gasteiger partial charge in [-0.05, 0) is 57.3 Å². The van der Waals surface area contributed by atoms with Gasteiger partial charge in [0.2, 0.25) is 5.88 Å². The highest BCUT2D eigenvalue weighted by atomic mass is 35.5. The van der Waals surface area contributed by atoms with E-state index in [-0.39, 0.29) is 30.7 Å². The number of hydrogen-bond acceptors (Lipinski definition) is 6. The van der Waals surface area contributed by atoms with Crippen molar-refractivity contribution < 1.29 is 9.53 Å². The molecule has 0 fully saturated rings. The maximum absolute atomic E-state index is 13.2. The lowest BCUT2D eigenvalue weighted by molar-refractivity contribution is 0.102. The first kappa shape index (κ1) is 29.9. The van der Waals surface area contributed by atoms with Gasteiger partial charge in [0, 0.05) is 24.2 Å². The second kappa shape index (κ2) is 13.4. The van der Waals surface area contributed by atoms with Crippen LogP contribution in [0.4, 0.5) is 5.69 Å². The van der Waals surface area contributed by atoms with E-state index in [2.05, 4.69) is 41.2 Å². The molecule has 1 aromatic carbocycles. The van der Waals surface area contributed by atoms with Crippen molar-refractivity contribution in [3.8, 4) is 5.88 Å². The molecule has 0 radical (unpaired) electrons. The van der Waals surface area contributed by atoms with Crippen molar-refractivity contribution in [2.24, 2.45) is 0 Å². The number of hydrogen-bond donors (Lipinski definition) is 1. The molecule has 11 heteroatoms. The number of amides is 1. The van der Waals surface area contributed by atoms with Gasteiger partial charge in [0.1, 0.15) is 11.3 Å². The fourth-order valence-electron chi connectivity index (χ4n) is 4.40. The molecule has 5 aromatic rings. The molecule has 0 aliphatic carbocycles. The summed E-state index contributed by atoms with van der Waals surface area (Å²) < 4.78 is 9.57. The van der Waals surface area contributed by atoms with E-state index in [4.69, 9.17) is 9.84 Å². The topological polar surface area (TPSA) is 89.6 Å². The van der Waals surface area contributed by atoms with Crippen LogP contribution >= 0.6 is 24.8 Å². The Morgan fingerprint density at radius 1 is 1.05 bits per heavy atom. The minimum Gasteiger partial charge on any atom is -0.478 e. The summed E-state index contributed by atoms with van der Waals surface area (Å²) in [5.74, 6) is 0.395. The van der Waals surface area contributed by atoms with Crippen molar-refractivity contribution in [3.05, 3.63) is 84.1 Å². The maximum atomic E-state index is 13.2. The van der Waals surface area contributed by atoms with Crippen LogP contribution in [0, 0.1) is 0 Å². The lowest BCUT2D eigenvalue weighted by atomic mass is 10.1. The summed E-state index contributed by atoms with van der Waals surface area (Å²) in [5, 5.41) is 8.89. The van der Waals surface area contributed by atoms with Crippen molar-refractivity contribution in [1.82, 2.24) is 29.0 Å². The lowest BCUT2D eigenvalue weighted by Gasteiger charge is -2.11. The number of aryl methyl sites for hydroxylation is 1. The Bertz CT molecular complexity index is 1550. The maximum Gasteiger partial charge on any atom is 0.274 e. The van der Waals surface area contributed by atoms with E-state index in [1.165, 1.54) is 0 Å². The molecule has 1 N–H and O–H groups in total. The average Bonchev–Trinajstić information content (AvgIpc) is 3.49. The molecule has 4 heterocycles. The van der Waals surface area contributed by atoms with Gasteiger partial charge >= 0.3 is 0 Å². The summed E-state index contributed by atoms with van der Waals surface area (Å²) in [4.78, 5) is 24.3. The number of halogens is 2. The molecule has 0 aliphatic heterocycles. The number of rotatable bonds is 10. The number of pyridine rings is 2.